The van der Waals surface area contributed by atoms with Gasteiger partial charge in [-0.05, 0) is 64.2 Å². The predicted molar refractivity (Wildman–Crippen MR) is 366 cm³/mol. The molecule has 83 heavy (non-hydrogen) atoms. The minimum absolute atomic E-state index is 0.0141. The molecule has 0 fully saturated rings. The molecule has 0 rings (SSSR count). The fraction of sp³-hybridized carbons (Fsp3) is 0.896. The van der Waals surface area contributed by atoms with Crippen molar-refractivity contribution in [2.75, 3.05) is 13.2 Å². The third kappa shape index (κ3) is 69.1. The Morgan fingerprint density at radius 2 is 0.602 bits per heavy atom. The number of amides is 1. The van der Waals surface area contributed by atoms with E-state index in [0.717, 1.165) is 44.9 Å². The maximum Gasteiger partial charge on any atom is 0.305 e. The molecule has 3 N–H and O–H groups in total. The van der Waals surface area contributed by atoms with Crippen molar-refractivity contribution in [3.8, 4) is 0 Å². The van der Waals surface area contributed by atoms with Gasteiger partial charge in [-0.1, -0.05) is 378 Å². The Morgan fingerprint density at radius 1 is 0.337 bits per heavy atom. The second-order valence-electron chi connectivity index (χ2n) is 26.0. The molecule has 0 spiro atoms. The zero-order valence-corrected chi connectivity index (χ0v) is 56.2. The number of unbranched alkanes of at least 4 members (excludes halogenated alkanes) is 56. The number of hydrogen-bond acceptors (Lipinski definition) is 5. The molecule has 0 bridgehead atoms. The Hall–Kier alpha value is -1.92. The minimum atomic E-state index is -0.846. The lowest BCUT2D eigenvalue weighted by molar-refractivity contribution is -0.143. The summed E-state index contributed by atoms with van der Waals surface area (Å²) in [6.07, 6.45) is 93.9. The molecule has 490 valence electrons. The van der Waals surface area contributed by atoms with Crippen molar-refractivity contribution >= 4 is 11.9 Å². The van der Waals surface area contributed by atoms with E-state index in [0.29, 0.717) is 19.4 Å². The molecule has 0 aromatic heterocycles. The van der Waals surface area contributed by atoms with Gasteiger partial charge in [0.1, 0.15) is 0 Å². The number of ether oxygens (including phenoxy) is 1. The van der Waals surface area contributed by atoms with Crippen LogP contribution >= 0.6 is 0 Å². The number of carbonyl (C=O) groups is 2. The van der Waals surface area contributed by atoms with Crippen LogP contribution in [0.1, 0.15) is 418 Å². The van der Waals surface area contributed by atoms with Crippen molar-refractivity contribution in [3.63, 3.8) is 0 Å². The van der Waals surface area contributed by atoms with Crippen molar-refractivity contribution in [1.82, 2.24) is 5.32 Å². The number of rotatable bonds is 71. The largest absolute Gasteiger partial charge is 0.466 e. The summed E-state index contributed by atoms with van der Waals surface area (Å²) >= 11 is 0. The van der Waals surface area contributed by atoms with Gasteiger partial charge in [-0.15, -0.1) is 0 Å². The van der Waals surface area contributed by atoms with E-state index in [-0.39, 0.29) is 18.5 Å². The minimum Gasteiger partial charge on any atom is -0.466 e. The second-order valence-corrected chi connectivity index (χ2v) is 26.0. The Morgan fingerprint density at radius 3 is 0.916 bits per heavy atom. The van der Waals surface area contributed by atoms with Gasteiger partial charge in [0.15, 0.2) is 0 Å². The molecule has 0 aromatic rings. The summed E-state index contributed by atoms with van der Waals surface area (Å²) < 4.78 is 5.48. The van der Waals surface area contributed by atoms with Crippen molar-refractivity contribution in [3.05, 3.63) is 36.5 Å². The predicted octanol–water partition coefficient (Wildman–Crippen LogP) is 24.7. The highest BCUT2D eigenvalue weighted by atomic mass is 16.5. The fourth-order valence-electron chi connectivity index (χ4n) is 11.9. The average Bonchev–Trinajstić information content (AvgIpc) is 3.49. The van der Waals surface area contributed by atoms with E-state index in [2.05, 4.69) is 43.5 Å². The van der Waals surface area contributed by atoms with Gasteiger partial charge in [0, 0.05) is 12.8 Å². The molecule has 0 saturated carbocycles. The average molecular weight is 1170 g/mol. The number of aliphatic hydroxyl groups excluding tert-OH is 2. The maximum absolute atomic E-state index is 12.5. The van der Waals surface area contributed by atoms with Crippen molar-refractivity contribution in [1.29, 1.82) is 0 Å². The smallest absolute Gasteiger partial charge is 0.305 e. The van der Waals surface area contributed by atoms with E-state index in [9.17, 15) is 19.8 Å². The topological polar surface area (TPSA) is 95.9 Å². The summed E-state index contributed by atoms with van der Waals surface area (Å²) in [7, 11) is 0. The van der Waals surface area contributed by atoms with Crippen LogP contribution in [-0.2, 0) is 14.3 Å². The van der Waals surface area contributed by atoms with Crippen LogP contribution in [0.3, 0.4) is 0 Å². The lowest BCUT2D eigenvalue weighted by Gasteiger charge is -2.20. The molecule has 0 aliphatic carbocycles. The maximum atomic E-state index is 12.5. The fourth-order valence-corrected chi connectivity index (χ4v) is 11.9. The zero-order valence-electron chi connectivity index (χ0n) is 56.2. The highest BCUT2D eigenvalue weighted by Crippen LogP contribution is 2.19. The van der Waals surface area contributed by atoms with E-state index >= 15 is 0 Å². The van der Waals surface area contributed by atoms with Gasteiger partial charge in [-0.2, -0.15) is 0 Å². The van der Waals surface area contributed by atoms with Gasteiger partial charge in [-0.25, -0.2) is 0 Å². The summed E-state index contributed by atoms with van der Waals surface area (Å²) in [6.45, 7) is 4.94. The van der Waals surface area contributed by atoms with Crippen LogP contribution < -0.4 is 5.32 Å². The molecule has 0 radical (unpaired) electrons. The van der Waals surface area contributed by atoms with Gasteiger partial charge >= 0.3 is 5.97 Å². The van der Waals surface area contributed by atoms with Crippen LogP contribution in [0.2, 0.25) is 0 Å². The molecule has 6 heteroatoms. The normalized spacial score (nSPS) is 12.7. The summed E-state index contributed by atoms with van der Waals surface area (Å²) in [5, 5.41) is 23.3. The molecule has 0 aromatic carbocycles. The van der Waals surface area contributed by atoms with Gasteiger partial charge in [0.05, 0.1) is 25.4 Å². The van der Waals surface area contributed by atoms with Crippen LogP contribution in [0.5, 0.6) is 0 Å². The van der Waals surface area contributed by atoms with Gasteiger partial charge in [0.2, 0.25) is 5.91 Å². The molecule has 0 saturated heterocycles. The molecule has 6 nitrogen and oxygen atoms in total. The van der Waals surface area contributed by atoms with Crippen LogP contribution in [0.25, 0.3) is 0 Å². The van der Waals surface area contributed by atoms with Crippen molar-refractivity contribution in [2.24, 2.45) is 0 Å². The van der Waals surface area contributed by atoms with Gasteiger partial charge < -0.3 is 20.3 Å². The van der Waals surface area contributed by atoms with Crippen LogP contribution in [0.4, 0.5) is 0 Å². The Kier molecular flexibility index (Phi) is 70.9. The third-order valence-electron chi connectivity index (χ3n) is 17.7. The highest BCUT2D eigenvalue weighted by Gasteiger charge is 2.18. The first-order chi connectivity index (χ1) is 41.0. The summed E-state index contributed by atoms with van der Waals surface area (Å²) in [4.78, 5) is 24.6. The molecule has 0 aliphatic rings. The second kappa shape index (κ2) is 72.6. The van der Waals surface area contributed by atoms with E-state index in [1.165, 1.54) is 347 Å². The summed E-state index contributed by atoms with van der Waals surface area (Å²) in [5.74, 6) is -0.0488. The molecule has 0 heterocycles. The number of carbonyl (C=O) groups excluding carboxylic acids is 2. The molecule has 2 unspecified atom stereocenters. The SMILES string of the molecule is CCCCCCCCCCCCCCCCCCCCCCC/C=C/C(O)C(CO)NC(=O)CCCCCCCCCCCCCCCCC/C=C\C/C=C\CCCCCCCCCCCOC(=O)CCCCCCCCCCCCCC. The van der Waals surface area contributed by atoms with Crippen LogP contribution in [0.15, 0.2) is 36.5 Å². The number of aliphatic hydroxyl groups is 2. The van der Waals surface area contributed by atoms with E-state index in [4.69, 9.17) is 4.74 Å². The monoisotopic (exact) mass is 1170 g/mol. The summed E-state index contributed by atoms with van der Waals surface area (Å²) in [6, 6.07) is -0.629. The first-order valence-corrected chi connectivity index (χ1v) is 37.8. The highest BCUT2D eigenvalue weighted by molar-refractivity contribution is 5.76. The van der Waals surface area contributed by atoms with Crippen molar-refractivity contribution < 1.29 is 24.5 Å². The van der Waals surface area contributed by atoms with Crippen LogP contribution in [-0.4, -0.2) is 47.4 Å². The lowest BCUT2D eigenvalue weighted by Crippen LogP contribution is -2.45. The van der Waals surface area contributed by atoms with Crippen LogP contribution in [0, 0.1) is 0 Å². The molecule has 0 aliphatic heterocycles. The summed E-state index contributed by atoms with van der Waals surface area (Å²) in [5.41, 5.74) is 0. The van der Waals surface area contributed by atoms with Gasteiger partial charge in [-0.3, -0.25) is 9.59 Å². The lowest BCUT2D eigenvalue weighted by atomic mass is 10.0. The number of hydrogen-bond donors (Lipinski definition) is 3. The van der Waals surface area contributed by atoms with E-state index in [1.54, 1.807) is 6.08 Å². The Labute approximate surface area is 519 Å². The Balaban J connectivity index is 3.42. The van der Waals surface area contributed by atoms with Gasteiger partial charge in [0.25, 0.3) is 0 Å². The van der Waals surface area contributed by atoms with E-state index < -0.39 is 12.1 Å². The zero-order chi connectivity index (χ0) is 59.9. The first kappa shape index (κ1) is 81.1. The number of esters is 1. The first-order valence-electron chi connectivity index (χ1n) is 37.8. The van der Waals surface area contributed by atoms with E-state index in [1.807, 2.05) is 6.08 Å². The third-order valence-corrected chi connectivity index (χ3v) is 17.7. The number of nitrogens with one attached hydrogen (secondary N) is 1. The molecule has 2 atom stereocenters. The Bertz CT molecular complexity index is 1340. The molecular formula is C77H147NO5. The quantitative estimate of drug-likeness (QED) is 0.0320. The van der Waals surface area contributed by atoms with Crippen molar-refractivity contribution in [2.45, 2.75) is 431 Å². The molecule has 1 amide bonds. The standard InChI is InChI=1S/C77H147NO5/c1-3-5-7-9-11-13-15-17-18-19-20-21-31-34-37-40-43-46-49-53-57-61-65-69-75(80)74(73-79)78-76(81)70-66-62-58-54-50-47-44-41-38-35-32-29-27-25-23-22-24-26-28-30-33-36-39-42-45-48-52-56-60-64-68-72-83-77(82)71-67-63-59-55-51-16-14-12-10-8-6-4-2/h24,26,30,33,65,69,74-75,79-80H,3-23,25,27-29,31-32,34-64,66-68,70-73H2,1-2H3,(H,78,81)/b26-24-,33-30-,69-65+. The number of allylic oxidation sites excluding steroid dienone is 5. The molecular weight excluding hydrogens is 1020 g/mol.